The maximum absolute atomic E-state index is 5.20. The average Bonchev–Trinajstić information content (AvgIpc) is 1.90. The van der Waals surface area contributed by atoms with E-state index in [0.717, 1.165) is 19.0 Å². The molecular formula is C7H20O2SSi. The van der Waals surface area contributed by atoms with Crippen molar-refractivity contribution in [2.75, 3.05) is 19.0 Å². The Morgan fingerprint density at radius 3 is 1.55 bits per heavy atom. The number of thiol groups is 1. The molecule has 0 fully saturated rings. The highest BCUT2D eigenvalue weighted by atomic mass is 32.1. The molecule has 0 spiro atoms. The minimum atomic E-state index is -1.20. The van der Waals surface area contributed by atoms with Crippen molar-refractivity contribution in [3.8, 4) is 0 Å². The van der Waals surface area contributed by atoms with E-state index in [1.807, 2.05) is 27.3 Å². The van der Waals surface area contributed by atoms with Crippen molar-refractivity contribution in [3.63, 3.8) is 0 Å². The van der Waals surface area contributed by atoms with Gasteiger partial charge in [0.15, 0.2) is 0 Å². The van der Waals surface area contributed by atoms with Crippen LogP contribution in [0.25, 0.3) is 0 Å². The van der Waals surface area contributed by atoms with Crippen LogP contribution in [0.2, 0.25) is 6.55 Å². The number of hydrogen-bond donors (Lipinski definition) is 1. The summed E-state index contributed by atoms with van der Waals surface area (Å²) in [6.07, 6.45) is 0. The molecule has 0 aromatic carbocycles. The summed E-state index contributed by atoms with van der Waals surface area (Å²) in [7, 11) is -1.20. The van der Waals surface area contributed by atoms with Gasteiger partial charge in [0.2, 0.25) is 0 Å². The van der Waals surface area contributed by atoms with Gasteiger partial charge in [-0.2, -0.15) is 12.6 Å². The molecule has 0 radical (unpaired) electrons. The highest BCUT2D eigenvalue weighted by Gasteiger charge is 1.99. The summed E-state index contributed by atoms with van der Waals surface area (Å²) in [5.74, 6) is 0.944. The average molecular weight is 196 g/mol. The fraction of sp³-hybridized carbons (Fsp3) is 1.00. The van der Waals surface area contributed by atoms with Gasteiger partial charge in [0.1, 0.15) is 0 Å². The molecule has 0 rings (SSSR count). The van der Waals surface area contributed by atoms with Crippen LogP contribution in [-0.2, 0) is 8.85 Å². The standard InChI is InChI=1S/C5H14O2Si.C2H6S/c1-4-6-8(3)7-5-2;1-2-3/h8H,4-5H2,1-3H3;3H,2H2,1H3. The van der Waals surface area contributed by atoms with Crippen LogP contribution in [0.1, 0.15) is 20.8 Å². The zero-order chi connectivity index (χ0) is 9.11. The molecule has 0 aliphatic carbocycles. The molecule has 0 bridgehead atoms. The lowest BCUT2D eigenvalue weighted by atomic mass is 10.9. The van der Waals surface area contributed by atoms with Gasteiger partial charge in [0, 0.05) is 13.2 Å². The largest absolute Gasteiger partial charge is 0.397 e. The number of hydrogen-bond acceptors (Lipinski definition) is 3. The molecule has 0 aromatic heterocycles. The summed E-state index contributed by atoms with van der Waals surface area (Å²) in [5.41, 5.74) is 0. The van der Waals surface area contributed by atoms with Gasteiger partial charge in [0.25, 0.3) is 0 Å². The van der Waals surface area contributed by atoms with E-state index in [-0.39, 0.29) is 0 Å². The Bertz CT molecular complexity index is 58.4. The Morgan fingerprint density at radius 2 is 1.36 bits per heavy atom. The van der Waals surface area contributed by atoms with Crippen molar-refractivity contribution >= 4 is 21.9 Å². The molecule has 4 heteroatoms. The lowest BCUT2D eigenvalue weighted by molar-refractivity contribution is 0.219. The Kier molecular flexibility index (Phi) is 16.7. The van der Waals surface area contributed by atoms with Crippen LogP contribution >= 0.6 is 12.6 Å². The summed E-state index contributed by atoms with van der Waals surface area (Å²) in [6, 6.07) is 0. The van der Waals surface area contributed by atoms with Crippen molar-refractivity contribution in [1.29, 1.82) is 0 Å². The molecule has 0 aliphatic rings. The first kappa shape index (κ1) is 14.0. The molecule has 0 saturated carbocycles. The first-order valence-corrected chi connectivity index (χ1v) is 6.79. The van der Waals surface area contributed by atoms with E-state index < -0.39 is 9.28 Å². The van der Waals surface area contributed by atoms with Gasteiger partial charge < -0.3 is 8.85 Å². The SMILES string of the molecule is CCO[SiH](C)OCC.CCS. The van der Waals surface area contributed by atoms with E-state index in [1.54, 1.807) is 0 Å². The molecule has 0 aromatic rings. The van der Waals surface area contributed by atoms with Crippen LogP contribution in [0.5, 0.6) is 0 Å². The van der Waals surface area contributed by atoms with E-state index in [2.05, 4.69) is 12.6 Å². The van der Waals surface area contributed by atoms with Crippen molar-refractivity contribution in [3.05, 3.63) is 0 Å². The molecule has 0 atom stereocenters. The third kappa shape index (κ3) is 18.0. The van der Waals surface area contributed by atoms with Crippen molar-refractivity contribution in [2.45, 2.75) is 27.3 Å². The molecule has 0 unspecified atom stereocenters. The fourth-order valence-corrected chi connectivity index (χ4v) is 1.55. The summed E-state index contributed by atoms with van der Waals surface area (Å²) < 4.78 is 10.4. The smallest absolute Gasteiger partial charge is 0.318 e. The van der Waals surface area contributed by atoms with Crippen LogP contribution in [0.15, 0.2) is 0 Å². The Labute approximate surface area is 77.5 Å². The minimum Gasteiger partial charge on any atom is -0.397 e. The second-order valence-corrected chi connectivity index (χ2v) is 4.23. The van der Waals surface area contributed by atoms with Gasteiger partial charge in [-0.25, -0.2) is 0 Å². The quantitative estimate of drug-likeness (QED) is 0.546. The monoisotopic (exact) mass is 196 g/mol. The van der Waals surface area contributed by atoms with Gasteiger partial charge >= 0.3 is 9.28 Å². The van der Waals surface area contributed by atoms with Crippen LogP contribution in [-0.4, -0.2) is 28.3 Å². The van der Waals surface area contributed by atoms with Gasteiger partial charge in [0.05, 0.1) is 0 Å². The van der Waals surface area contributed by atoms with E-state index >= 15 is 0 Å². The predicted molar refractivity (Wildman–Crippen MR) is 55.8 cm³/mol. The third-order valence-electron chi connectivity index (χ3n) is 0.803. The Balaban J connectivity index is 0. The summed E-state index contributed by atoms with van der Waals surface area (Å²) in [6.45, 7) is 9.57. The topological polar surface area (TPSA) is 18.5 Å². The first-order valence-electron chi connectivity index (χ1n) is 4.06. The highest BCUT2D eigenvalue weighted by Crippen LogP contribution is 1.85. The maximum atomic E-state index is 5.20. The fourth-order valence-electron chi connectivity index (χ4n) is 0.518. The lowest BCUT2D eigenvalue weighted by Crippen LogP contribution is -2.17. The van der Waals surface area contributed by atoms with Gasteiger partial charge in [-0.1, -0.05) is 6.92 Å². The van der Waals surface area contributed by atoms with Crippen molar-refractivity contribution < 1.29 is 8.85 Å². The Morgan fingerprint density at radius 1 is 1.09 bits per heavy atom. The maximum Gasteiger partial charge on any atom is 0.318 e. The second-order valence-electron chi connectivity index (χ2n) is 1.79. The van der Waals surface area contributed by atoms with E-state index in [0.29, 0.717) is 0 Å². The molecule has 70 valence electrons. The predicted octanol–water partition coefficient (Wildman–Crippen LogP) is 1.85. The third-order valence-corrected chi connectivity index (χ3v) is 2.41. The summed E-state index contributed by atoms with van der Waals surface area (Å²) in [4.78, 5) is 0. The van der Waals surface area contributed by atoms with Gasteiger partial charge in [-0.05, 0) is 26.1 Å². The van der Waals surface area contributed by atoms with Gasteiger partial charge in [-0.15, -0.1) is 0 Å². The second kappa shape index (κ2) is 13.1. The summed E-state index contributed by atoms with van der Waals surface area (Å²) >= 11 is 3.79. The van der Waals surface area contributed by atoms with E-state index in [4.69, 9.17) is 8.85 Å². The Hall–Kier alpha value is 0.487. The number of rotatable bonds is 4. The van der Waals surface area contributed by atoms with Crippen LogP contribution in [0.3, 0.4) is 0 Å². The molecular weight excluding hydrogens is 176 g/mol. The summed E-state index contributed by atoms with van der Waals surface area (Å²) in [5, 5.41) is 0. The molecule has 0 heterocycles. The minimum absolute atomic E-state index is 0.785. The molecule has 0 N–H and O–H groups in total. The highest BCUT2D eigenvalue weighted by molar-refractivity contribution is 7.80. The zero-order valence-electron chi connectivity index (χ0n) is 7.96. The molecule has 0 saturated heterocycles. The van der Waals surface area contributed by atoms with Crippen LogP contribution < -0.4 is 0 Å². The van der Waals surface area contributed by atoms with Crippen molar-refractivity contribution in [1.82, 2.24) is 0 Å². The van der Waals surface area contributed by atoms with E-state index in [9.17, 15) is 0 Å². The molecule has 2 nitrogen and oxygen atoms in total. The lowest BCUT2D eigenvalue weighted by Gasteiger charge is -2.07. The normalized spacial score (nSPS) is 9.27. The van der Waals surface area contributed by atoms with Crippen LogP contribution in [0.4, 0.5) is 0 Å². The van der Waals surface area contributed by atoms with Crippen LogP contribution in [0, 0.1) is 0 Å². The van der Waals surface area contributed by atoms with E-state index in [1.165, 1.54) is 0 Å². The molecule has 0 amide bonds. The van der Waals surface area contributed by atoms with Crippen molar-refractivity contribution in [2.24, 2.45) is 0 Å². The molecule has 11 heavy (non-hydrogen) atoms. The van der Waals surface area contributed by atoms with Gasteiger partial charge in [-0.3, -0.25) is 0 Å². The molecule has 0 aliphatic heterocycles. The first-order chi connectivity index (χ1) is 5.22. The zero-order valence-corrected chi connectivity index (χ0v) is 10.0.